The second-order valence-electron chi connectivity index (χ2n) is 4.04. The van der Waals surface area contributed by atoms with Crippen molar-refractivity contribution in [3.8, 4) is 0 Å². The van der Waals surface area contributed by atoms with Gasteiger partial charge in [0.1, 0.15) is 0 Å². The largest absolute Gasteiger partial charge is 0.396 e. The molecule has 16 heavy (non-hydrogen) atoms. The lowest BCUT2D eigenvalue weighted by atomic mass is 10.1. The average molecular weight is 285 g/mol. The molecule has 1 aromatic carbocycles. The Morgan fingerprint density at radius 1 is 1.38 bits per heavy atom. The van der Waals surface area contributed by atoms with Crippen molar-refractivity contribution in [2.24, 2.45) is 0 Å². The SMILES string of the molecule is OCCC1CNCCN1c1ccc(Br)cc1. The number of benzene rings is 1. The molecule has 3 nitrogen and oxygen atoms in total. The second kappa shape index (κ2) is 5.66. The van der Waals surface area contributed by atoms with Crippen molar-refractivity contribution in [3.05, 3.63) is 28.7 Å². The molecule has 1 atom stereocenters. The first-order valence-electron chi connectivity index (χ1n) is 5.65. The maximum Gasteiger partial charge on any atom is 0.0451 e. The number of halogens is 1. The molecule has 88 valence electrons. The molecule has 1 fully saturated rings. The van der Waals surface area contributed by atoms with Gasteiger partial charge in [0, 0.05) is 42.4 Å². The molecule has 0 bridgehead atoms. The zero-order valence-corrected chi connectivity index (χ0v) is 10.8. The summed E-state index contributed by atoms with van der Waals surface area (Å²) < 4.78 is 1.10. The van der Waals surface area contributed by atoms with E-state index in [0.717, 1.165) is 30.5 Å². The summed E-state index contributed by atoms with van der Waals surface area (Å²) in [6.45, 7) is 3.22. The Morgan fingerprint density at radius 2 is 2.12 bits per heavy atom. The number of nitrogens with one attached hydrogen (secondary N) is 1. The molecule has 1 aliphatic heterocycles. The van der Waals surface area contributed by atoms with E-state index in [4.69, 9.17) is 5.11 Å². The van der Waals surface area contributed by atoms with Crippen molar-refractivity contribution in [3.63, 3.8) is 0 Å². The quantitative estimate of drug-likeness (QED) is 0.885. The van der Waals surface area contributed by atoms with Crippen LogP contribution in [0.15, 0.2) is 28.7 Å². The van der Waals surface area contributed by atoms with Crippen LogP contribution in [-0.2, 0) is 0 Å². The lowest BCUT2D eigenvalue weighted by Gasteiger charge is -2.37. The molecule has 1 saturated heterocycles. The van der Waals surface area contributed by atoms with Gasteiger partial charge in [0.25, 0.3) is 0 Å². The summed E-state index contributed by atoms with van der Waals surface area (Å²) in [5, 5.41) is 12.4. The van der Waals surface area contributed by atoms with Crippen LogP contribution in [-0.4, -0.2) is 37.4 Å². The molecule has 1 aliphatic rings. The number of nitrogens with zero attached hydrogens (tertiary/aromatic N) is 1. The topological polar surface area (TPSA) is 35.5 Å². The van der Waals surface area contributed by atoms with Crippen molar-refractivity contribution in [1.82, 2.24) is 5.32 Å². The van der Waals surface area contributed by atoms with Gasteiger partial charge in [-0.3, -0.25) is 0 Å². The minimum atomic E-state index is 0.249. The van der Waals surface area contributed by atoms with E-state index >= 15 is 0 Å². The molecular weight excluding hydrogens is 268 g/mol. The lowest BCUT2D eigenvalue weighted by molar-refractivity contribution is 0.266. The molecule has 0 spiro atoms. The molecule has 2 N–H and O–H groups in total. The summed E-state index contributed by atoms with van der Waals surface area (Å²) >= 11 is 3.44. The van der Waals surface area contributed by atoms with E-state index in [0.29, 0.717) is 6.04 Å². The summed E-state index contributed by atoms with van der Waals surface area (Å²) in [4.78, 5) is 2.37. The molecular formula is C12H17BrN2O. The Balaban J connectivity index is 2.13. The van der Waals surface area contributed by atoms with E-state index < -0.39 is 0 Å². The number of aliphatic hydroxyl groups excluding tert-OH is 1. The Labute approximate surface area is 105 Å². The molecule has 2 rings (SSSR count). The van der Waals surface area contributed by atoms with Gasteiger partial charge in [-0.15, -0.1) is 0 Å². The van der Waals surface area contributed by atoms with Crippen LogP contribution < -0.4 is 10.2 Å². The van der Waals surface area contributed by atoms with Crippen LogP contribution in [0.1, 0.15) is 6.42 Å². The summed E-state index contributed by atoms with van der Waals surface area (Å²) in [7, 11) is 0. The monoisotopic (exact) mass is 284 g/mol. The van der Waals surface area contributed by atoms with E-state index in [-0.39, 0.29) is 6.61 Å². The fourth-order valence-electron chi connectivity index (χ4n) is 2.14. The zero-order chi connectivity index (χ0) is 11.4. The Bertz CT molecular complexity index is 326. The molecule has 0 aliphatic carbocycles. The Morgan fingerprint density at radius 3 is 2.81 bits per heavy atom. The maximum atomic E-state index is 9.07. The van der Waals surface area contributed by atoms with Crippen LogP contribution in [0.2, 0.25) is 0 Å². The van der Waals surface area contributed by atoms with Gasteiger partial charge in [0.15, 0.2) is 0 Å². The minimum Gasteiger partial charge on any atom is -0.396 e. The van der Waals surface area contributed by atoms with Crippen molar-refractivity contribution < 1.29 is 5.11 Å². The third kappa shape index (κ3) is 2.75. The summed E-state index contributed by atoms with van der Waals surface area (Å²) in [5.41, 5.74) is 1.24. The van der Waals surface area contributed by atoms with Gasteiger partial charge in [0.2, 0.25) is 0 Å². The fourth-order valence-corrected chi connectivity index (χ4v) is 2.40. The summed E-state index contributed by atoms with van der Waals surface area (Å²) in [5.74, 6) is 0. The van der Waals surface area contributed by atoms with Crippen molar-refractivity contribution in [2.75, 3.05) is 31.1 Å². The van der Waals surface area contributed by atoms with Gasteiger partial charge in [0.05, 0.1) is 0 Å². The van der Waals surface area contributed by atoms with E-state index in [9.17, 15) is 0 Å². The highest BCUT2D eigenvalue weighted by Crippen LogP contribution is 2.22. The lowest BCUT2D eigenvalue weighted by Crippen LogP contribution is -2.51. The van der Waals surface area contributed by atoms with E-state index in [1.807, 2.05) is 0 Å². The molecule has 0 aromatic heterocycles. The number of hydrogen-bond acceptors (Lipinski definition) is 3. The molecule has 4 heteroatoms. The van der Waals surface area contributed by atoms with E-state index in [1.54, 1.807) is 0 Å². The molecule has 1 heterocycles. The van der Waals surface area contributed by atoms with Gasteiger partial charge < -0.3 is 15.3 Å². The number of hydrogen-bond donors (Lipinski definition) is 2. The fraction of sp³-hybridized carbons (Fsp3) is 0.500. The van der Waals surface area contributed by atoms with Gasteiger partial charge >= 0.3 is 0 Å². The van der Waals surface area contributed by atoms with Crippen LogP contribution in [0, 0.1) is 0 Å². The third-order valence-corrected chi connectivity index (χ3v) is 3.50. The molecule has 0 saturated carbocycles. The van der Waals surface area contributed by atoms with Gasteiger partial charge in [-0.05, 0) is 30.7 Å². The van der Waals surface area contributed by atoms with Crippen molar-refractivity contribution >= 4 is 21.6 Å². The highest BCUT2D eigenvalue weighted by atomic mass is 79.9. The third-order valence-electron chi connectivity index (χ3n) is 2.97. The first-order chi connectivity index (χ1) is 7.81. The second-order valence-corrected chi connectivity index (χ2v) is 4.96. The van der Waals surface area contributed by atoms with Crippen molar-refractivity contribution in [2.45, 2.75) is 12.5 Å². The van der Waals surface area contributed by atoms with Gasteiger partial charge in [-0.1, -0.05) is 15.9 Å². The van der Waals surface area contributed by atoms with Crippen molar-refractivity contribution in [1.29, 1.82) is 0 Å². The minimum absolute atomic E-state index is 0.249. The first-order valence-corrected chi connectivity index (χ1v) is 6.44. The highest BCUT2D eigenvalue weighted by molar-refractivity contribution is 9.10. The highest BCUT2D eigenvalue weighted by Gasteiger charge is 2.21. The molecule has 0 radical (unpaired) electrons. The Hall–Kier alpha value is -0.580. The summed E-state index contributed by atoms with van der Waals surface area (Å²) in [6, 6.07) is 8.78. The summed E-state index contributed by atoms with van der Waals surface area (Å²) in [6.07, 6.45) is 0.822. The van der Waals surface area contributed by atoms with Crippen LogP contribution in [0.5, 0.6) is 0 Å². The first kappa shape index (κ1) is 11.9. The Kier molecular flexibility index (Phi) is 4.21. The zero-order valence-electron chi connectivity index (χ0n) is 9.19. The van der Waals surface area contributed by atoms with Crippen LogP contribution in [0.4, 0.5) is 5.69 Å². The number of rotatable bonds is 3. The predicted molar refractivity (Wildman–Crippen MR) is 69.8 cm³/mol. The van der Waals surface area contributed by atoms with E-state index in [2.05, 4.69) is 50.4 Å². The van der Waals surface area contributed by atoms with Gasteiger partial charge in [-0.2, -0.15) is 0 Å². The van der Waals surface area contributed by atoms with Crippen LogP contribution in [0.3, 0.4) is 0 Å². The molecule has 0 amide bonds. The van der Waals surface area contributed by atoms with Crippen LogP contribution in [0.25, 0.3) is 0 Å². The standard InChI is InChI=1S/C12H17BrN2O/c13-10-1-3-11(4-2-10)15-7-6-14-9-12(15)5-8-16/h1-4,12,14,16H,5-9H2. The van der Waals surface area contributed by atoms with Gasteiger partial charge in [-0.25, -0.2) is 0 Å². The number of anilines is 1. The molecule has 1 aromatic rings. The predicted octanol–water partition coefficient (Wildman–Crippen LogP) is 1.61. The average Bonchev–Trinajstić information content (AvgIpc) is 2.32. The maximum absolute atomic E-state index is 9.07. The number of piperazine rings is 1. The normalized spacial score (nSPS) is 21.1. The van der Waals surface area contributed by atoms with E-state index in [1.165, 1.54) is 5.69 Å². The molecule has 1 unspecified atom stereocenters. The van der Waals surface area contributed by atoms with Crippen LogP contribution >= 0.6 is 15.9 Å². The smallest absolute Gasteiger partial charge is 0.0451 e. The number of aliphatic hydroxyl groups is 1.